The minimum absolute atomic E-state index is 0.130. The number of rotatable bonds is 7. The van der Waals surface area contributed by atoms with Crippen LogP contribution in [0.3, 0.4) is 0 Å². The number of para-hydroxylation sites is 1. The van der Waals surface area contributed by atoms with Gasteiger partial charge in [-0.3, -0.25) is 19.6 Å². The van der Waals surface area contributed by atoms with Crippen molar-refractivity contribution >= 4 is 34.9 Å². The molecule has 10 nitrogen and oxygen atoms in total. The number of nitro groups is 1. The minimum atomic E-state index is -0.847. The number of carbonyl (C=O) groups excluding carboxylic acids is 2. The lowest BCUT2D eigenvalue weighted by atomic mass is 10.1. The second-order valence-electron chi connectivity index (χ2n) is 7.47. The fraction of sp³-hybridized carbons (Fsp3) is 0.217. The Morgan fingerprint density at radius 1 is 1.21 bits per heavy atom. The van der Waals surface area contributed by atoms with E-state index in [0.717, 1.165) is 0 Å². The van der Waals surface area contributed by atoms with Crippen LogP contribution in [0.5, 0.6) is 5.75 Å². The standard InChI is InChI=1S/C23H22ClN5O5/c1-13(25-26-22(30)16(4)28-15(3)21(29(32)33)14(2)27-28)19-10-5-6-11-20(19)34-23(31)17-8-7-9-18(24)12-17/h5-12,16H,1-4H3,(H,26,30)/b25-13+. The van der Waals surface area contributed by atoms with Gasteiger partial charge in [-0.15, -0.1) is 0 Å². The summed E-state index contributed by atoms with van der Waals surface area (Å²) in [7, 11) is 0. The highest BCUT2D eigenvalue weighted by atomic mass is 35.5. The molecule has 0 spiro atoms. The molecule has 1 N–H and O–H groups in total. The summed E-state index contributed by atoms with van der Waals surface area (Å²) in [5.74, 6) is -0.857. The molecule has 11 heteroatoms. The molecule has 176 valence electrons. The molecule has 0 fully saturated rings. The maximum Gasteiger partial charge on any atom is 0.343 e. The molecule has 3 aromatic rings. The molecule has 0 aliphatic carbocycles. The van der Waals surface area contributed by atoms with E-state index in [-0.39, 0.29) is 28.4 Å². The number of amides is 1. The van der Waals surface area contributed by atoms with Crippen molar-refractivity contribution in [1.29, 1.82) is 0 Å². The van der Waals surface area contributed by atoms with E-state index in [1.807, 2.05) is 0 Å². The van der Waals surface area contributed by atoms with Crippen molar-refractivity contribution < 1.29 is 19.2 Å². The molecule has 3 rings (SSSR count). The first-order valence-electron chi connectivity index (χ1n) is 10.2. The third-order valence-corrected chi connectivity index (χ3v) is 5.32. The van der Waals surface area contributed by atoms with E-state index in [2.05, 4.69) is 15.6 Å². The molecule has 1 aromatic heterocycles. The maximum atomic E-state index is 12.7. The van der Waals surface area contributed by atoms with Crippen molar-refractivity contribution in [2.45, 2.75) is 33.7 Å². The van der Waals surface area contributed by atoms with Crippen LogP contribution in [0.25, 0.3) is 0 Å². The molecule has 0 bridgehead atoms. The number of esters is 1. The first-order chi connectivity index (χ1) is 16.1. The molecule has 0 radical (unpaired) electrons. The van der Waals surface area contributed by atoms with Gasteiger partial charge in [0.2, 0.25) is 0 Å². The summed E-state index contributed by atoms with van der Waals surface area (Å²) < 4.78 is 6.80. The van der Waals surface area contributed by atoms with Crippen LogP contribution in [0.15, 0.2) is 53.6 Å². The Bertz CT molecular complexity index is 1300. The lowest BCUT2D eigenvalue weighted by Gasteiger charge is -2.13. The molecule has 2 aromatic carbocycles. The number of hydrazone groups is 1. The van der Waals surface area contributed by atoms with Crippen LogP contribution >= 0.6 is 11.6 Å². The molecular formula is C23H22ClN5O5. The van der Waals surface area contributed by atoms with Crippen LogP contribution in [0.1, 0.15) is 47.2 Å². The molecule has 1 amide bonds. The van der Waals surface area contributed by atoms with Gasteiger partial charge < -0.3 is 4.74 Å². The predicted molar refractivity (Wildman–Crippen MR) is 126 cm³/mol. The average molecular weight is 484 g/mol. The maximum absolute atomic E-state index is 12.7. The Labute approximate surface area is 200 Å². The Hall–Kier alpha value is -4.05. The summed E-state index contributed by atoms with van der Waals surface area (Å²) >= 11 is 5.94. The second-order valence-corrected chi connectivity index (χ2v) is 7.90. The van der Waals surface area contributed by atoms with E-state index in [1.165, 1.54) is 24.6 Å². The minimum Gasteiger partial charge on any atom is -0.422 e. The number of hydrogen-bond donors (Lipinski definition) is 1. The van der Waals surface area contributed by atoms with Crippen LogP contribution in [0, 0.1) is 24.0 Å². The molecule has 0 saturated heterocycles. The molecule has 1 heterocycles. The fourth-order valence-corrected chi connectivity index (χ4v) is 3.52. The smallest absolute Gasteiger partial charge is 0.343 e. The number of ether oxygens (including phenoxy) is 1. The van der Waals surface area contributed by atoms with Gasteiger partial charge in [0, 0.05) is 10.6 Å². The number of nitrogens with zero attached hydrogens (tertiary/aromatic N) is 4. The quantitative estimate of drug-likeness (QED) is 0.174. The number of aromatic nitrogens is 2. The van der Waals surface area contributed by atoms with Crippen LogP contribution < -0.4 is 10.2 Å². The molecule has 34 heavy (non-hydrogen) atoms. The molecular weight excluding hydrogens is 462 g/mol. The Balaban J connectivity index is 1.77. The van der Waals surface area contributed by atoms with Gasteiger partial charge in [-0.1, -0.05) is 29.8 Å². The third-order valence-electron chi connectivity index (χ3n) is 5.09. The number of hydrogen-bond acceptors (Lipinski definition) is 7. The largest absolute Gasteiger partial charge is 0.422 e. The van der Waals surface area contributed by atoms with Crippen molar-refractivity contribution in [3.8, 4) is 5.75 Å². The van der Waals surface area contributed by atoms with Crippen LogP contribution in [0.2, 0.25) is 5.02 Å². The zero-order chi connectivity index (χ0) is 25.0. The summed E-state index contributed by atoms with van der Waals surface area (Å²) in [6.07, 6.45) is 0. The number of aryl methyl sites for hydroxylation is 1. The Morgan fingerprint density at radius 2 is 1.91 bits per heavy atom. The topological polar surface area (TPSA) is 129 Å². The van der Waals surface area contributed by atoms with Crippen molar-refractivity contribution in [2.75, 3.05) is 0 Å². The van der Waals surface area contributed by atoms with Gasteiger partial charge in [-0.25, -0.2) is 10.2 Å². The van der Waals surface area contributed by atoms with Gasteiger partial charge in [0.1, 0.15) is 23.2 Å². The summed E-state index contributed by atoms with van der Waals surface area (Å²) in [6.45, 7) is 6.24. The number of benzene rings is 2. The lowest BCUT2D eigenvalue weighted by Crippen LogP contribution is -2.29. The predicted octanol–water partition coefficient (Wildman–Crippen LogP) is 4.38. The molecule has 0 aliphatic heterocycles. The first kappa shape index (κ1) is 24.6. The SMILES string of the molecule is C/C(=N\NC(=O)C(C)n1nc(C)c([N+](=O)[O-])c1C)c1ccccc1OC(=O)c1cccc(Cl)c1. The zero-order valence-electron chi connectivity index (χ0n) is 18.9. The van der Waals surface area contributed by atoms with E-state index in [1.54, 1.807) is 56.3 Å². The third kappa shape index (κ3) is 5.29. The summed E-state index contributed by atoms with van der Waals surface area (Å²) in [4.78, 5) is 35.9. The highest BCUT2D eigenvalue weighted by Crippen LogP contribution is 2.25. The van der Waals surface area contributed by atoms with Gasteiger partial charge in [0.05, 0.1) is 16.2 Å². The van der Waals surface area contributed by atoms with Crippen LogP contribution in [-0.2, 0) is 4.79 Å². The van der Waals surface area contributed by atoms with E-state index in [4.69, 9.17) is 16.3 Å². The second kappa shape index (κ2) is 10.3. The van der Waals surface area contributed by atoms with Crippen molar-refractivity contribution in [2.24, 2.45) is 5.10 Å². The normalized spacial score (nSPS) is 12.2. The monoisotopic (exact) mass is 483 g/mol. The average Bonchev–Trinajstić information content (AvgIpc) is 3.10. The van der Waals surface area contributed by atoms with Gasteiger partial charge >= 0.3 is 11.7 Å². The van der Waals surface area contributed by atoms with E-state index in [9.17, 15) is 19.7 Å². The van der Waals surface area contributed by atoms with E-state index in [0.29, 0.717) is 16.3 Å². The summed E-state index contributed by atoms with van der Waals surface area (Å²) in [6, 6.07) is 12.3. The van der Waals surface area contributed by atoms with Crippen molar-refractivity contribution in [3.05, 3.63) is 86.2 Å². The number of carbonyl (C=O) groups is 2. The van der Waals surface area contributed by atoms with Crippen molar-refractivity contribution in [3.63, 3.8) is 0 Å². The van der Waals surface area contributed by atoms with Gasteiger partial charge in [0.15, 0.2) is 0 Å². The summed E-state index contributed by atoms with van der Waals surface area (Å²) in [5.41, 5.74) is 3.97. The molecule has 0 saturated carbocycles. The fourth-order valence-electron chi connectivity index (χ4n) is 3.33. The Kier molecular flexibility index (Phi) is 7.42. The van der Waals surface area contributed by atoms with Crippen LogP contribution in [0.4, 0.5) is 5.69 Å². The lowest BCUT2D eigenvalue weighted by molar-refractivity contribution is -0.386. The highest BCUT2D eigenvalue weighted by molar-refractivity contribution is 6.30. The van der Waals surface area contributed by atoms with E-state index >= 15 is 0 Å². The van der Waals surface area contributed by atoms with Gasteiger partial charge in [-0.05, 0) is 58.0 Å². The zero-order valence-corrected chi connectivity index (χ0v) is 19.7. The number of halogens is 1. The first-order valence-corrected chi connectivity index (χ1v) is 10.6. The summed E-state index contributed by atoms with van der Waals surface area (Å²) in [5, 5.41) is 19.9. The highest BCUT2D eigenvalue weighted by Gasteiger charge is 2.27. The van der Waals surface area contributed by atoms with E-state index < -0.39 is 22.8 Å². The van der Waals surface area contributed by atoms with Gasteiger partial charge in [0.25, 0.3) is 5.91 Å². The molecule has 1 atom stereocenters. The van der Waals surface area contributed by atoms with Crippen molar-refractivity contribution in [1.82, 2.24) is 15.2 Å². The molecule has 1 unspecified atom stereocenters. The molecule has 0 aliphatic rings. The van der Waals surface area contributed by atoms with Crippen LogP contribution in [-0.4, -0.2) is 32.3 Å². The van der Waals surface area contributed by atoms with Gasteiger partial charge in [-0.2, -0.15) is 10.2 Å². The Morgan fingerprint density at radius 3 is 2.56 bits per heavy atom. The number of nitrogens with one attached hydrogen (secondary N) is 1.